The first kappa shape index (κ1) is 21.1. The number of nitrogens with one attached hydrogen (secondary N) is 1. The number of hydrogen-bond donors (Lipinski definition) is 1. The summed E-state index contributed by atoms with van der Waals surface area (Å²) in [7, 11) is 2.31. The molecular weight excluding hydrogens is 364 g/mol. The molecule has 164 valence electrons. The highest BCUT2D eigenvalue weighted by molar-refractivity contribution is 5.78. The summed E-state index contributed by atoms with van der Waals surface area (Å²) >= 11 is 0. The van der Waals surface area contributed by atoms with Crippen molar-refractivity contribution in [2.75, 3.05) is 46.3 Å². The molecular formula is C23H40N4O2. The van der Waals surface area contributed by atoms with Crippen molar-refractivity contribution < 1.29 is 9.59 Å². The third kappa shape index (κ3) is 4.96. The van der Waals surface area contributed by atoms with Crippen LogP contribution >= 0.6 is 0 Å². The summed E-state index contributed by atoms with van der Waals surface area (Å²) in [6, 6.07) is 1.45. The van der Waals surface area contributed by atoms with Crippen molar-refractivity contribution in [3.8, 4) is 0 Å². The van der Waals surface area contributed by atoms with Crippen LogP contribution in [0, 0.1) is 11.8 Å². The van der Waals surface area contributed by atoms with E-state index in [1.807, 2.05) is 4.90 Å². The fourth-order valence-electron chi connectivity index (χ4n) is 6.64. The second-order valence-electron chi connectivity index (χ2n) is 9.82. The molecule has 4 fully saturated rings. The lowest BCUT2D eigenvalue weighted by Crippen LogP contribution is -2.63. The molecule has 1 N–H and O–H groups in total. The number of likely N-dealkylation sites (tertiary alicyclic amines) is 2. The highest BCUT2D eigenvalue weighted by Crippen LogP contribution is 2.42. The minimum absolute atomic E-state index is 0.178. The lowest BCUT2D eigenvalue weighted by atomic mass is 9.69. The van der Waals surface area contributed by atoms with E-state index in [2.05, 4.69) is 22.2 Å². The minimum Gasteiger partial charge on any atom is -0.356 e. The van der Waals surface area contributed by atoms with Gasteiger partial charge >= 0.3 is 0 Å². The Hall–Kier alpha value is -1.14. The van der Waals surface area contributed by atoms with Crippen LogP contribution in [0.15, 0.2) is 0 Å². The zero-order valence-corrected chi connectivity index (χ0v) is 18.3. The highest BCUT2D eigenvalue weighted by atomic mass is 16.2. The van der Waals surface area contributed by atoms with Crippen molar-refractivity contribution in [3.05, 3.63) is 0 Å². The number of piperidine rings is 3. The Bertz CT molecular complexity index is 581. The lowest BCUT2D eigenvalue weighted by Gasteiger charge is -2.57. The van der Waals surface area contributed by atoms with E-state index in [0.717, 1.165) is 56.7 Å². The van der Waals surface area contributed by atoms with E-state index in [9.17, 15) is 9.59 Å². The second-order valence-corrected chi connectivity index (χ2v) is 9.82. The molecule has 0 aliphatic carbocycles. The lowest BCUT2D eigenvalue weighted by molar-refractivity contribution is -0.127. The Labute approximate surface area is 176 Å². The monoisotopic (exact) mass is 404 g/mol. The summed E-state index contributed by atoms with van der Waals surface area (Å²) in [6.45, 7) is 6.21. The third-order valence-corrected chi connectivity index (χ3v) is 7.93. The summed E-state index contributed by atoms with van der Waals surface area (Å²) in [6.07, 6.45) is 10.8. The molecule has 6 nitrogen and oxygen atoms in total. The summed E-state index contributed by atoms with van der Waals surface area (Å²) in [5.74, 6) is 2.11. The molecule has 0 bridgehead atoms. The van der Waals surface area contributed by atoms with Gasteiger partial charge in [-0.1, -0.05) is 0 Å². The van der Waals surface area contributed by atoms with Crippen LogP contribution in [-0.2, 0) is 9.59 Å². The molecule has 0 unspecified atom stereocenters. The average Bonchev–Trinajstić information content (AvgIpc) is 3.12. The smallest absolute Gasteiger partial charge is 0.222 e. The van der Waals surface area contributed by atoms with Crippen LogP contribution in [0.1, 0.15) is 64.2 Å². The number of carbonyl (C=O) groups excluding carboxylic acids is 2. The molecule has 4 aliphatic rings. The molecule has 6 heteroatoms. The number of hydrogen-bond acceptors (Lipinski definition) is 4. The highest BCUT2D eigenvalue weighted by Gasteiger charge is 2.47. The molecule has 4 saturated heterocycles. The Balaban J connectivity index is 1.16. The van der Waals surface area contributed by atoms with Crippen LogP contribution in [-0.4, -0.2) is 84.9 Å². The van der Waals surface area contributed by atoms with Gasteiger partial charge in [0.2, 0.25) is 11.8 Å². The van der Waals surface area contributed by atoms with Crippen molar-refractivity contribution in [2.45, 2.75) is 76.3 Å². The van der Waals surface area contributed by atoms with Gasteiger partial charge in [-0.3, -0.25) is 14.5 Å². The van der Waals surface area contributed by atoms with Crippen molar-refractivity contribution in [3.63, 3.8) is 0 Å². The van der Waals surface area contributed by atoms with E-state index in [-0.39, 0.29) is 11.8 Å². The molecule has 0 aromatic rings. The van der Waals surface area contributed by atoms with Crippen LogP contribution in [0.25, 0.3) is 0 Å². The van der Waals surface area contributed by atoms with E-state index in [0.29, 0.717) is 25.4 Å². The van der Waals surface area contributed by atoms with Gasteiger partial charge in [0.1, 0.15) is 0 Å². The first-order valence-corrected chi connectivity index (χ1v) is 12.1. The summed E-state index contributed by atoms with van der Waals surface area (Å²) < 4.78 is 0. The fourth-order valence-corrected chi connectivity index (χ4v) is 6.64. The largest absolute Gasteiger partial charge is 0.356 e. The van der Waals surface area contributed by atoms with Gasteiger partial charge < -0.3 is 15.1 Å². The normalized spacial score (nSPS) is 33.0. The Morgan fingerprint density at radius 2 is 1.93 bits per heavy atom. The molecule has 4 rings (SSSR count). The summed E-state index contributed by atoms with van der Waals surface area (Å²) in [5.41, 5.74) is 0. The number of carbonyl (C=O) groups is 2. The Morgan fingerprint density at radius 3 is 2.72 bits per heavy atom. The van der Waals surface area contributed by atoms with Crippen LogP contribution in [0.3, 0.4) is 0 Å². The minimum atomic E-state index is 0.178. The molecule has 4 atom stereocenters. The van der Waals surface area contributed by atoms with Gasteiger partial charge in [0.15, 0.2) is 0 Å². The van der Waals surface area contributed by atoms with Gasteiger partial charge in [0, 0.05) is 51.1 Å². The van der Waals surface area contributed by atoms with Crippen LogP contribution in [0.4, 0.5) is 0 Å². The summed E-state index contributed by atoms with van der Waals surface area (Å²) in [5, 5.41) is 3.06. The van der Waals surface area contributed by atoms with E-state index in [1.54, 1.807) is 0 Å². The van der Waals surface area contributed by atoms with Gasteiger partial charge in [0.05, 0.1) is 0 Å². The van der Waals surface area contributed by atoms with E-state index in [1.165, 1.54) is 45.3 Å². The maximum atomic E-state index is 12.3. The maximum Gasteiger partial charge on any atom is 0.222 e. The Kier molecular flexibility index (Phi) is 7.12. The Morgan fingerprint density at radius 1 is 1.10 bits per heavy atom. The topological polar surface area (TPSA) is 55.9 Å². The first-order valence-electron chi connectivity index (χ1n) is 12.1. The van der Waals surface area contributed by atoms with Gasteiger partial charge in [-0.2, -0.15) is 0 Å². The maximum absolute atomic E-state index is 12.3. The molecule has 0 spiro atoms. The molecule has 4 heterocycles. The fraction of sp³-hybridized carbons (Fsp3) is 0.913. The zero-order valence-electron chi connectivity index (χ0n) is 18.3. The first-order chi connectivity index (χ1) is 14.1. The van der Waals surface area contributed by atoms with Gasteiger partial charge in [-0.15, -0.1) is 0 Å². The van der Waals surface area contributed by atoms with E-state index in [4.69, 9.17) is 0 Å². The molecule has 2 amide bonds. The predicted molar refractivity (Wildman–Crippen MR) is 115 cm³/mol. The van der Waals surface area contributed by atoms with Crippen molar-refractivity contribution in [2.24, 2.45) is 11.8 Å². The van der Waals surface area contributed by atoms with E-state index >= 15 is 0 Å². The molecule has 29 heavy (non-hydrogen) atoms. The van der Waals surface area contributed by atoms with Gasteiger partial charge in [0.25, 0.3) is 0 Å². The van der Waals surface area contributed by atoms with Crippen molar-refractivity contribution in [1.29, 1.82) is 0 Å². The van der Waals surface area contributed by atoms with Crippen LogP contribution in [0.5, 0.6) is 0 Å². The average molecular weight is 405 g/mol. The van der Waals surface area contributed by atoms with Crippen molar-refractivity contribution in [1.82, 2.24) is 20.0 Å². The van der Waals surface area contributed by atoms with E-state index < -0.39 is 0 Å². The van der Waals surface area contributed by atoms with Crippen molar-refractivity contribution >= 4 is 11.8 Å². The number of rotatable bonds is 8. The summed E-state index contributed by atoms with van der Waals surface area (Å²) in [4.78, 5) is 31.2. The quantitative estimate of drug-likeness (QED) is 0.630. The molecule has 0 radical (unpaired) electrons. The van der Waals surface area contributed by atoms with Crippen LogP contribution in [0.2, 0.25) is 0 Å². The molecule has 0 saturated carbocycles. The standard InChI is InChI=1S/C23H40N4O2/c1-25-17-18-7-3-14-27-15-4-8-19(23(18)27)20(25)9-2-10-21(28)24-12-6-16-26-13-5-11-22(26)29/h18-20,23H,2-17H2,1H3,(H,24,28)/t18-,19+,20+,23-/m0/s1. The third-order valence-electron chi connectivity index (χ3n) is 7.93. The molecule has 0 aromatic carbocycles. The molecule has 4 aliphatic heterocycles. The number of nitrogens with zero attached hydrogens (tertiary/aromatic N) is 3. The SMILES string of the molecule is CN1C[C@@H]2CCCN3CCC[C@@H]([C@H]23)[C@H]1CCCC(=O)NCCCN1CCCC1=O. The second kappa shape index (κ2) is 9.78. The number of amides is 2. The zero-order chi connectivity index (χ0) is 20.2. The predicted octanol–water partition coefficient (Wildman–Crippen LogP) is 2.09. The van der Waals surface area contributed by atoms with Gasteiger partial charge in [-0.05, 0) is 83.3 Å². The van der Waals surface area contributed by atoms with Crippen LogP contribution < -0.4 is 5.32 Å². The van der Waals surface area contributed by atoms with Gasteiger partial charge in [-0.25, -0.2) is 0 Å². The molecule has 0 aromatic heterocycles.